The fourth-order valence-electron chi connectivity index (χ4n) is 3.94. The number of nitrogens with zero attached hydrogens (tertiary/aromatic N) is 4. The topological polar surface area (TPSA) is 100 Å². The molecule has 0 fully saturated rings. The molecular weight excluding hydrogens is 466 g/mol. The number of ether oxygens (including phenoxy) is 2. The van der Waals surface area contributed by atoms with E-state index in [0.29, 0.717) is 52.2 Å². The summed E-state index contributed by atoms with van der Waals surface area (Å²) >= 11 is 1.22. The van der Waals surface area contributed by atoms with Crippen LogP contribution in [0.2, 0.25) is 0 Å². The van der Waals surface area contributed by atoms with Crippen LogP contribution < -0.4 is 20.3 Å². The van der Waals surface area contributed by atoms with Crippen molar-refractivity contribution >= 4 is 34.4 Å². The second-order valence-corrected chi connectivity index (χ2v) is 9.22. The third kappa shape index (κ3) is 4.61. The van der Waals surface area contributed by atoms with Gasteiger partial charge in [-0.1, -0.05) is 41.6 Å². The second kappa shape index (κ2) is 9.46. The summed E-state index contributed by atoms with van der Waals surface area (Å²) in [5, 5.41) is 7.82. The maximum Gasteiger partial charge on any atom is 0.280 e. The standard InChI is InChI=1S/C25H25N5O4S/c1-4-30-23-22(16(3)28-30)27-25(29(24(23)32)12-17-7-5-15(2)6-8-17)35-13-21(31)26-18-9-10-19-20(11-18)34-14-33-19/h5-11H,4,12-14H2,1-3H3,(H,26,31). The summed E-state index contributed by atoms with van der Waals surface area (Å²) in [5.41, 5.74) is 4.29. The minimum Gasteiger partial charge on any atom is -0.454 e. The quantitative estimate of drug-likeness (QED) is 0.311. The van der Waals surface area contributed by atoms with E-state index in [-0.39, 0.29) is 24.0 Å². The van der Waals surface area contributed by atoms with Crippen molar-refractivity contribution < 1.29 is 14.3 Å². The lowest BCUT2D eigenvalue weighted by molar-refractivity contribution is -0.113. The monoisotopic (exact) mass is 491 g/mol. The highest BCUT2D eigenvalue weighted by Gasteiger charge is 2.20. The number of fused-ring (bicyclic) bond motifs is 2. The van der Waals surface area contributed by atoms with Crippen LogP contribution in [0.25, 0.3) is 11.0 Å². The lowest BCUT2D eigenvalue weighted by Crippen LogP contribution is -2.26. The normalized spacial score (nSPS) is 12.3. The molecule has 35 heavy (non-hydrogen) atoms. The molecule has 1 amide bonds. The number of aromatic nitrogens is 4. The van der Waals surface area contributed by atoms with E-state index in [2.05, 4.69) is 10.4 Å². The molecule has 0 saturated heterocycles. The van der Waals surface area contributed by atoms with E-state index in [0.717, 1.165) is 11.1 Å². The largest absolute Gasteiger partial charge is 0.454 e. The Kier molecular flexibility index (Phi) is 6.21. The summed E-state index contributed by atoms with van der Waals surface area (Å²) in [6.07, 6.45) is 0. The molecule has 4 aromatic rings. The van der Waals surface area contributed by atoms with E-state index in [1.54, 1.807) is 27.4 Å². The third-order valence-electron chi connectivity index (χ3n) is 5.73. The SMILES string of the molecule is CCn1nc(C)c2nc(SCC(=O)Nc3ccc4c(c3)OCO4)n(Cc3ccc(C)cc3)c(=O)c21. The fraction of sp³-hybridized carbons (Fsp3) is 0.280. The van der Waals surface area contributed by atoms with Gasteiger partial charge in [0.2, 0.25) is 12.7 Å². The zero-order valence-electron chi connectivity index (χ0n) is 19.7. The average molecular weight is 492 g/mol. The Balaban J connectivity index is 1.43. The maximum atomic E-state index is 13.6. The molecule has 2 aromatic carbocycles. The molecule has 10 heteroatoms. The highest BCUT2D eigenvalue weighted by Crippen LogP contribution is 2.34. The predicted molar refractivity (Wildman–Crippen MR) is 134 cm³/mol. The molecule has 9 nitrogen and oxygen atoms in total. The smallest absolute Gasteiger partial charge is 0.280 e. The minimum atomic E-state index is -0.217. The van der Waals surface area contributed by atoms with E-state index in [1.807, 2.05) is 45.0 Å². The summed E-state index contributed by atoms with van der Waals surface area (Å²) in [4.78, 5) is 31.1. The van der Waals surface area contributed by atoms with Crippen molar-refractivity contribution in [3.8, 4) is 11.5 Å². The summed E-state index contributed by atoms with van der Waals surface area (Å²) in [6, 6.07) is 13.3. The van der Waals surface area contributed by atoms with Gasteiger partial charge in [0.15, 0.2) is 22.2 Å². The molecule has 1 aliphatic rings. The highest BCUT2D eigenvalue weighted by molar-refractivity contribution is 7.99. The molecular formula is C25H25N5O4S. The van der Waals surface area contributed by atoms with Gasteiger partial charge in [-0.15, -0.1) is 0 Å². The Morgan fingerprint density at radius 2 is 1.89 bits per heavy atom. The molecule has 0 aliphatic carbocycles. The van der Waals surface area contributed by atoms with Crippen LogP contribution in [0.1, 0.15) is 23.7 Å². The number of anilines is 1. The number of benzene rings is 2. The Hall–Kier alpha value is -3.79. The number of amides is 1. The number of aryl methyl sites for hydroxylation is 3. The van der Waals surface area contributed by atoms with Gasteiger partial charge in [0.1, 0.15) is 5.52 Å². The van der Waals surface area contributed by atoms with Crippen molar-refractivity contribution in [2.45, 2.75) is 39.0 Å². The zero-order chi connectivity index (χ0) is 24.5. The summed E-state index contributed by atoms with van der Waals surface area (Å²) in [6.45, 7) is 6.89. The van der Waals surface area contributed by atoms with Gasteiger partial charge in [-0.25, -0.2) is 4.98 Å². The lowest BCUT2D eigenvalue weighted by Gasteiger charge is -2.13. The van der Waals surface area contributed by atoms with Gasteiger partial charge in [0, 0.05) is 18.3 Å². The van der Waals surface area contributed by atoms with Crippen LogP contribution >= 0.6 is 11.8 Å². The van der Waals surface area contributed by atoms with Crippen molar-refractivity contribution in [3.05, 3.63) is 69.6 Å². The summed E-state index contributed by atoms with van der Waals surface area (Å²) in [5.74, 6) is 1.11. The van der Waals surface area contributed by atoms with Crippen molar-refractivity contribution in [2.75, 3.05) is 17.9 Å². The number of rotatable bonds is 7. The number of nitrogens with one attached hydrogen (secondary N) is 1. The molecule has 0 atom stereocenters. The van der Waals surface area contributed by atoms with E-state index in [9.17, 15) is 9.59 Å². The number of carbonyl (C=O) groups is 1. The third-order valence-corrected chi connectivity index (χ3v) is 6.71. The minimum absolute atomic E-state index is 0.0846. The Bertz CT molecular complexity index is 1480. The fourth-order valence-corrected chi connectivity index (χ4v) is 4.74. The van der Waals surface area contributed by atoms with E-state index in [4.69, 9.17) is 14.5 Å². The molecule has 0 unspecified atom stereocenters. The number of hydrogen-bond donors (Lipinski definition) is 1. The predicted octanol–water partition coefficient (Wildman–Crippen LogP) is 3.74. The second-order valence-electron chi connectivity index (χ2n) is 8.27. The van der Waals surface area contributed by atoms with Crippen LogP contribution in [0.15, 0.2) is 52.4 Å². The Morgan fingerprint density at radius 1 is 1.11 bits per heavy atom. The Labute approximate surface area is 206 Å². The molecule has 0 spiro atoms. The van der Waals surface area contributed by atoms with Crippen LogP contribution in [-0.2, 0) is 17.9 Å². The van der Waals surface area contributed by atoms with Gasteiger partial charge >= 0.3 is 0 Å². The maximum absolute atomic E-state index is 13.6. The van der Waals surface area contributed by atoms with Crippen LogP contribution in [0.4, 0.5) is 5.69 Å². The summed E-state index contributed by atoms with van der Waals surface area (Å²) < 4.78 is 14.0. The molecule has 5 rings (SSSR count). The number of thioether (sulfide) groups is 1. The first-order chi connectivity index (χ1) is 16.9. The highest BCUT2D eigenvalue weighted by atomic mass is 32.2. The van der Waals surface area contributed by atoms with Crippen LogP contribution in [-0.4, -0.2) is 37.8 Å². The van der Waals surface area contributed by atoms with Crippen molar-refractivity contribution in [2.24, 2.45) is 0 Å². The average Bonchev–Trinajstić information content (AvgIpc) is 3.44. The van der Waals surface area contributed by atoms with Crippen molar-refractivity contribution in [1.29, 1.82) is 0 Å². The zero-order valence-corrected chi connectivity index (χ0v) is 20.5. The van der Waals surface area contributed by atoms with E-state index >= 15 is 0 Å². The molecule has 1 aliphatic heterocycles. The lowest BCUT2D eigenvalue weighted by atomic mass is 10.1. The molecule has 3 heterocycles. The first-order valence-corrected chi connectivity index (χ1v) is 12.3. The van der Waals surface area contributed by atoms with Crippen molar-refractivity contribution in [1.82, 2.24) is 19.3 Å². The van der Waals surface area contributed by atoms with E-state index < -0.39 is 0 Å². The van der Waals surface area contributed by atoms with Gasteiger partial charge in [-0.05, 0) is 38.5 Å². The van der Waals surface area contributed by atoms with Crippen LogP contribution in [0.3, 0.4) is 0 Å². The van der Waals surface area contributed by atoms with Crippen molar-refractivity contribution in [3.63, 3.8) is 0 Å². The molecule has 0 saturated carbocycles. The first kappa shape index (κ1) is 23.0. The number of carbonyl (C=O) groups excluding carboxylic acids is 1. The van der Waals surface area contributed by atoms with Crippen LogP contribution in [0.5, 0.6) is 11.5 Å². The Morgan fingerprint density at radius 3 is 2.66 bits per heavy atom. The van der Waals surface area contributed by atoms with Gasteiger partial charge in [0.25, 0.3) is 5.56 Å². The van der Waals surface area contributed by atoms with Gasteiger partial charge < -0.3 is 14.8 Å². The van der Waals surface area contributed by atoms with E-state index in [1.165, 1.54) is 11.8 Å². The molecule has 180 valence electrons. The van der Waals surface area contributed by atoms with Gasteiger partial charge in [0.05, 0.1) is 18.0 Å². The molecule has 0 radical (unpaired) electrons. The van der Waals surface area contributed by atoms with Gasteiger partial charge in [-0.3, -0.25) is 18.8 Å². The number of hydrogen-bond acceptors (Lipinski definition) is 7. The molecule has 1 N–H and O–H groups in total. The first-order valence-electron chi connectivity index (χ1n) is 11.3. The van der Waals surface area contributed by atoms with Crippen LogP contribution in [0, 0.1) is 13.8 Å². The van der Waals surface area contributed by atoms with Gasteiger partial charge in [-0.2, -0.15) is 5.10 Å². The molecule has 2 aromatic heterocycles. The molecule has 0 bridgehead atoms. The summed E-state index contributed by atoms with van der Waals surface area (Å²) in [7, 11) is 0.